The Labute approximate surface area is 80.4 Å². The first-order valence-corrected chi connectivity index (χ1v) is 5.34. The summed E-state index contributed by atoms with van der Waals surface area (Å²) in [5.41, 5.74) is 0. The summed E-state index contributed by atoms with van der Waals surface area (Å²) in [6.07, 6.45) is 5.58. The molecule has 1 fully saturated rings. The lowest BCUT2D eigenvalue weighted by atomic mass is 10.0. The molecule has 1 heterocycles. The summed E-state index contributed by atoms with van der Waals surface area (Å²) in [5.74, 6) is 0. The van der Waals surface area contributed by atoms with Crippen LogP contribution in [0, 0.1) is 0 Å². The highest BCUT2D eigenvalue weighted by molar-refractivity contribution is 4.75. The number of hydrogen-bond acceptors (Lipinski definition) is 3. The largest absolute Gasteiger partial charge is 0.396 e. The van der Waals surface area contributed by atoms with Crippen molar-refractivity contribution in [2.45, 2.75) is 38.1 Å². The van der Waals surface area contributed by atoms with Crippen molar-refractivity contribution < 1.29 is 10.2 Å². The predicted octanol–water partition coefficient (Wildman–Crippen LogP) is 0.606. The van der Waals surface area contributed by atoms with Crippen molar-refractivity contribution in [1.82, 2.24) is 4.90 Å². The van der Waals surface area contributed by atoms with Crippen LogP contribution in [-0.4, -0.2) is 47.5 Å². The quantitative estimate of drug-likeness (QED) is 0.620. The van der Waals surface area contributed by atoms with Gasteiger partial charge in [-0.3, -0.25) is 4.90 Å². The molecule has 2 N–H and O–H groups in total. The minimum atomic E-state index is 0.289. The maximum atomic E-state index is 9.13. The number of likely N-dealkylation sites (tertiary alicyclic amines) is 1. The average Bonchev–Trinajstić information content (AvgIpc) is 2.19. The second-order valence-corrected chi connectivity index (χ2v) is 3.80. The molecule has 0 saturated carbocycles. The molecule has 1 rings (SSSR count). The third-order valence-electron chi connectivity index (χ3n) is 2.81. The van der Waals surface area contributed by atoms with E-state index in [1.54, 1.807) is 0 Å². The Kier molecular flexibility index (Phi) is 5.35. The maximum absolute atomic E-state index is 9.13. The smallest absolute Gasteiger partial charge is 0.0586 e. The van der Waals surface area contributed by atoms with Crippen LogP contribution < -0.4 is 0 Å². The molecule has 0 amide bonds. The van der Waals surface area contributed by atoms with Crippen molar-refractivity contribution in [2.24, 2.45) is 0 Å². The lowest BCUT2D eigenvalue weighted by Gasteiger charge is -2.34. The van der Waals surface area contributed by atoms with E-state index in [9.17, 15) is 0 Å². The highest BCUT2D eigenvalue weighted by Crippen LogP contribution is 2.16. The molecule has 3 heteroatoms. The van der Waals surface area contributed by atoms with Crippen molar-refractivity contribution >= 4 is 0 Å². The van der Waals surface area contributed by atoms with Crippen molar-refractivity contribution in [1.29, 1.82) is 0 Å². The van der Waals surface area contributed by atoms with E-state index in [-0.39, 0.29) is 6.61 Å². The summed E-state index contributed by atoms with van der Waals surface area (Å²) < 4.78 is 0. The van der Waals surface area contributed by atoms with Gasteiger partial charge in [-0.2, -0.15) is 0 Å². The predicted molar refractivity (Wildman–Crippen MR) is 52.6 cm³/mol. The Balaban J connectivity index is 2.19. The Morgan fingerprint density at radius 3 is 2.69 bits per heavy atom. The first-order chi connectivity index (χ1) is 6.38. The normalized spacial score (nSPS) is 24.9. The van der Waals surface area contributed by atoms with Gasteiger partial charge in [0.15, 0.2) is 0 Å². The lowest BCUT2D eigenvalue weighted by Crippen LogP contribution is -2.42. The van der Waals surface area contributed by atoms with Crippen molar-refractivity contribution in [3.8, 4) is 0 Å². The SMILES string of the molecule is OCCCCN1CCCCC1CO. The van der Waals surface area contributed by atoms with E-state index in [0.717, 1.165) is 32.4 Å². The number of aliphatic hydroxyl groups excluding tert-OH is 2. The Morgan fingerprint density at radius 2 is 2.00 bits per heavy atom. The van der Waals surface area contributed by atoms with Crippen molar-refractivity contribution in [3.05, 3.63) is 0 Å². The molecule has 1 unspecified atom stereocenters. The average molecular weight is 187 g/mol. The first-order valence-electron chi connectivity index (χ1n) is 5.34. The lowest BCUT2D eigenvalue weighted by molar-refractivity contribution is 0.0873. The number of aliphatic hydroxyl groups is 2. The molecule has 1 aliphatic rings. The van der Waals surface area contributed by atoms with E-state index in [0.29, 0.717) is 12.6 Å². The van der Waals surface area contributed by atoms with E-state index in [4.69, 9.17) is 10.2 Å². The van der Waals surface area contributed by atoms with Crippen LogP contribution in [0.3, 0.4) is 0 Å². The van der Waals surface area contributed by atoms with Crippen LogP contribution in [0.4, 0.5) is 0 Å². The number of nitrogens with zero attached hydrogens (tertiary/aromatic N) is 1. The molecule has 0 bridgehead atoms. The van der Waals surface area contributed by atoms with Crippen LogP contribution in [-0.2, 0) is 0 Å². The number of rotatable bonds is 5. The summed E-state index contributed by atoms with van der Waals surface area (Å²) in [7, 11) is 0. The molecule has 0 aromatic carbocycles. The standard InChI is InChI=1S/C10H21NO2/c12-8-4-3-7-11-6-2-1-5-10(11)9-13/h10,12-13H,1-9H2. The van der Waals surface area contributed by atoms with Gasteiger partial charge in [0.25, 0.3) is 0 Å². The molecule has 78 valence electrons. The Bertz CT molecular complexity index is 130. The van der Waals surface area contributed by atoms with E-state index in [2.05, 4.69) is 4.90 Å². The third-order valence-corrected chi connectivity index (χ3v) is 2.81. The van der Waals surface area contributed by atoms with Gasteiger partial charge in [0, 0.05) is 12.6 Å². The second-order valence-electron chi connectivity index (χ2n) is 3.80. The third kappa shape index (κ3) is 3.63. The fraction of sp³-hybridized carbons (Fsp3) is 1.00. The minimum absolute atomic E-state index is 0.289. The monoisotopic (exact) mass is 187 g/mol. The molecule has 1 saturated heterocycles. The summed E-state index contributed by atoms with van der Waals surface area (Å²) in [5, 5.41) is 17.8. The van der Waals surface area contributed by atoms with Gasteiger partial charge < -0.3 is 10.2 Å². The van der Waals surface area contributed by atoms with Crippen LogP contribution in [0.15, 0.2) is 0 Å². The van der Waals surface area contributed by atoms with Gasteiger partial charge in [-0.05, 0) is 38.8 Å². The van der Waals surface area contributed by atoms with Gasteiger partial charge in [0.2, 0.25) is 0 Å². The fourth-order valence-electron chi connectivity index (χ4n) is 1.99. The molecule has 0 spiro atoms. The van der Waals surface area contributed by atoms with E-state index in [1.807, 2.05) is 0 Å². The first kappa shape index (κ1) is 11.0. The summed E-state index contributed by atoms with van der Waals surface area (Å²) in [6, 6.07) is 0.382. The molecule has 0 aliphatic carbocycles. The van der Waals surface area contributed by atoms with Crippen LogP contribution in [0.1, 0.15) is 32.1 Å². The summed E-state index contributed by atoms with van der Waals surface area (Å²) in [4.78, 5) is 2.36. The maximum Gasteiger partial charge on any atom is 0.0586 e. The Hall–Kier alpha value is -0.120. The highest BCUT2D eigenvalue weighted by atomic mass is 16.3. The van der Waals surface area contributed by atoms with E-state index in [1.165, 1.54) is 12.8 Å². The molecule has 1 aliphatic heterocycles. The molecular formula is C10H21NO2. The zero-order valence-electron chi connectivity index (χ0n) is 8.28. The molecule has 0 radical (unpaired) electrons. The zero-order chi connectivity index (χ0) is 9.52. The van der Waals surface area contributed by atoms with E-state index >= 15 is 0 Å². The summed E-state index contributed by atoms with van der Waals surface area (Å²) >= 11 is 0. The van der Waals surface area contributed by atoms with Crippen LogP contribution in [0.25, 0.3) is 0 Å². The number of unbranched alkanes of at least 4 members (excludes halogenated alkanes) is 1. The molecule has 0 aromatic heterocycles. The molecule has 13 heavy (non-hydrogen) atoms. The van der Waals surface area contributed by atoms with Crippen LogP contribution >= 0.6 is 0 Å². The van der Waals surface area contributed by atoms with Gasteiger partial charge in [-0.15, -0.1) is 0 Å². The fourth-order valence-corrected chi connectivity index (χ4v) is 1.99. The number of piperidine rings is 1. The molecular weight excluding hydrogens is 166 g/mol. The van der Waals surface area contributed by atoms with Gasteiger partial charge in [0.05, 0.1) is 6.61 Å². The van der Waals surface area contributed by atoms with Gasteiger partial charge in [-0.1, -0.05) is 6.42 Å². The summed E-state index contributed by atoms with van der Waals surface area (Å²) in [6.45, 7) is 2.74. The van der Waals surface area contributed by atoms with Crippen molar-refractivity contribution in [3.63, 3.8) is 0 Å². The minimum Gasteiger partial charge on any atom is -0.396 e. The van der Waals surface area contributed by atoms with Crippen molar-refractivity contribution in [2.75, 3.05) is 26.3 Å². The Morgan fingerprint density at radius 1 is 1.15 bits per heavy atom. The molecule has 0 aromatic rings. The molecule has 3 nitrogen and oxygen atoms in total. The van der Waals surface area contributed by atoms with E-state index < -0.39 is 0 Å². The number of hydrogen-bond donors (Lipinski definition) is 2. The zero-order valence-corrected chi connectivity index (χ0v) is 8.28. The van der Waals surface area contributed by atoms with Gasteiger partial charge >= 0.3 is 0 Å². The molecule has 1 atom stereocenters. The highest BCUT2D eigenvalue weighted by Gasteiger charge is 2.20. The van der Waals surface area contributed by atoms with Crippen LogP contribution in [0.5, 0.6) is 0 Å². The van der Waals surface area contributed by atoms with Crippen LogP contribution in [0.2, 0.25) is 0 Å². The van der Waals surface area contributed by atoms with Gasteiger partial charge in [0.1, 0.15) is 0 Å². The topological polar surface area (TPSA) is 43.7 Å². The second kappa shape index (κ2) is 6.35. The van der Waals surface area contributed by atoms with Gasteiger partial charge in [-0.25, -0.2) is 0 Å².